The molecule has 2 aromatic heterocycles. The number of aromatic nitrogens is 3. The lowest BCUT2D eigenvalue weighted by molar-refractivity contribution is -0.121. The molecule has 0 unspecified atom stereocenters. The average Bonchev–Trinajstić information content (AvgIpc) is 3.14. The largest absolute Gasteiger partial charge is 0.350 e. The molecule has 8 nitrogen and oxygen atoms in total. The van der Waals surface area contributed by atoms with Gasteiger partial charge in [-0.05, 0) is 18.6 Å². The Balaban J connectivity index is 1.44. The number of aromatic amines is 1. The molecule has 8 heteroatoms. The lowest BCUT2D eigenvalue weighted by atomic mass is 10.0. The van der Waals surface area contributed by atoms with Crippen molar-refractivity contribution in [2.75, 3.05) is 0 Å². The van der Waals surface area contributed by atoms with Gasteiger partial charge >= 0.3 is 0 Å². The highest BCUT2D eigenvalue weighted by Gasteiger charge is 2.29. The van der Waals surface area contributed by atoms with E-state index in [4.69, 9.17) is 0 Å². The topological polar surface area (TPSA) is 108 Å². The van der Waals surface area contributed by atoms with Gasteiger partial charge in [-0.25, -0.2) is 9.50 Å². The third-order valence-electron chi connectivity index (χ3n) is 4.37. The van der Waals surface area contributed by atoms with Gasteiger partial charge < -0.3 is 10.6 Å². The van der Waals surface area contributed by atoms with Gasteiger partial charge in [0.15, 0.2) is 5.65 Å². The maximum atomic E-state index is 12.3. The second-order valence-electron chi connectivity index (χ2n) is 6.31. The van der Waals surface area contributed by atoms with E-state index in [1.807, 2.05) is 19.1 Å². The van der Waals surface area contributed by atoms with Gasteiger partial charge in [0.1, 0.15) is 0 Å². The zero-order chi connectivity index (χ0) is 18.3. The molecule has 132 valence electrons. The number of aryl methyl sites for hydroxylation is 1. The molecule has 0 aliphatic carbocycles. The van der Waals surface area contributed by atoms with E-state index in [0.717, 1.165) is 11.3 Å². The van der Waals surface area contributed by atoms with Gasteiger partial charge in [0.2, 0.25) is 5.91 Å². The molecule has 1 atom stereocenters. The summed E-state index contributed by atoms with van der Waals surface area (Å²) >= 11 is 0. The van der Waals surface area contributed by atoms with Gasteiger partial charge in [-0.1, -0.05) is 18.2 Å². The molecule has 2 amide bonds. The molecule has 1 aliphatic heterocycles. The van der Waals surface area contributed by atoms with Crippen LogP contribution in [0.1, 0.15) is 39.8 Å². The van der Waals surface area contributed by atoms with Crippen molar-refractivity contribution in [3.63, 3.8) is 0 Å². The molecule has 0 fully saturated rings. The Bertz CT molecular complexity index is 1080. The maximum absolute atomic E-state index is 12.3. The van der Waals surface area contributed by atoms with Crippen LogP contribution in [0, 0.1) is 6.92 Å². The van der Waals surface area contributed by atoms with Crippen molar-refractivity contribution >= 4 is 17.5 Å². The van der Waals surface area contributed by atoms with Gasteiger partial charge in [-0.15, -0.1) is 0 Å². The summed E-state index contributed by atoms with van der Waals surface area (Å²) in [5, 5.41) is 8.47. The van der Waals surface area contributed by atoms with Crippen LogP contribution < -0.4 is 16.2 Å². The zero-order valence-electron chi connectivity index (χ0n) is 14.1. The van der Waals surface area contributed by atoms with Crippen molar-refractivity contribution in [2.24, 2.45) is 0 Å². The number of carbonyl (C=O) groups is 2. The second kappa shape index (κ2) is 6.14. The van der Waals surface area contributed by atoms with Gasteiger partial charge in [0.25, 0.3) is 11.5 Å². The van der Waals surface area contributed by atoms with Crippen LogP contribution in [0.4, 0.5) is 0 Å². The van der Waals surface area contributed by atoms with Crippen molar-refractivity contribution < 1.29 is 9.59 Å². The number of amides is 2. The Labute approximate surface area is 148 Å². The quantitative estimate of drug-likeness (QED) is 0.647. The van der Waals surface area contributed by atoms with Crippen molar-refractivity contribution in [2.45, 2.75) is 25.9 Å². The van der Waals surface area contributed by atoms with Crippen LogP contribution in [0.5, 0.6) is 0 Å². The van der Waals surface area contributed by atoms with E-state index < -0.39 is 0 Å². The molecular weight excluding hydrogens is 334 g/mol. The summed E-state index contributed by atoms with van der Waals surface area (Å²) in [5.41, 5.74) is 3.02. The summed E-state index contributed by atoms with van der Waals surface area (Å²) in [7, 11) is 0. The Hall–Kier alpha value is -3.42. The fourth-order valence-corrected chi connectivity index (χ4v) is 3.18. The highest BCUT2D eigenvalue weighted by Crippen LogP contribution is 2.27. The molecule has 1 aliphatic rings. The van der Waals surface area contributed by atoms with Crippen molar-refractivity contribution in [1.29, 1.82) is 0 Å². The number of nitrogens with zero attached hydrogens (tertiary/aromatic N) is 2. The van der Waals surface area contributed by atoms with Crippen LogP contribution in [0.15, 0.2) is 41.2 Å². The lowest BCUT2D eigenvalue weighted by Crippen LogP contribution is -2.29. The summed E-state index contributed by atoms with van der Waals surface area (Å²) in [6.45, 7) is 1.99. The Morgan fingerprint density at radius 3 is 2.92 bits per heavy atom. The molecule has 1 aromatic carbocycles. The molecule has 0 saturated heterocycles. The number of fused-ring (bicyclic) bond motifs is 2. The van der Waals surface area contributed by atoms with Crippen LogP contribution in [0.3, 0.4) is 0 Å². The molecule has 0 spiro atoms. The van der Waals surface area contributed by atoms with Crippen LogP contribution in [0.2, 0.25) is 0 Å². The van der Waals surface area contributed by atoms with E-state index in [9.17, 15) is 14.4 Å². The predicted molar refractivity (Wildman–Crippen MR) is 93.7 cm³/mol. The highest BCUT2D eigenvalue weighted by molar-refractivity contribution is 5.99. The summed E-state index contributed by atoms with van der Waals surface area (Å²) in [6.07, 6.45) is 0.132. The minimum Gasteiger partial charge on any atom is -0.350 e. The zero-order valence-corrected chi connectivity index (χ0v) is 14.1. The highest BCUT2D eigenvalue weighted by atomic mass is 16.2. The Morgan fingerprint density at radius 2 is 2.08 bits per heavy atom. The predicted octanol–water partition coefficient (Wildman–Crippen LogP) is 0.822. The van der Waals surface area contributed by atoms with Crippen molar-refractivity contribution in [1.82, 2.24) is 25.2 Å². The van der Waals surface area contributed by atoms with Gasteiger partial charge in [-0.2, -0.15) is 0 Å². The Morgan fingerprint density at radius 1 is 1.27 bits per heavy atom. The van der Waals surface area contributed by atoms with E-state index in [-0.39, 0.29) is 36.4 Å². The number of hydrogen-bond donors (Lipinski definition) is 3. The average molecular weight is 351 g/mol. The minimum absolute atomic E-state index is 0.132. The monoisotopic (exact) mass is 351 g/mol. The lowest BCUT2D eigenvalue weighted by Gasteiger charge is -2.11. The maximum Gasteiger partial charge on any atom is 0.272 e. The molecule has 0 saturated carbocycles. The van der Waals surface area contributed by atoms with Crippen LogP contribution in [0.25, 0.3) is 5.65 Å². The Kier molecular flexibility index (Phi) is 3.80. The first-order valence-electron chi connectivity index (χ1n) is 8.26. The second-order valence-corrected chi connectivity index (χ2v) is 6.31. The minimum atomic E-state index is -0.341. The normalized spacial score (nSPS) is 15.7. The van der Waals surface area contributed by atoms with Crippen molar-refractivity contribution in [3.05, 3.63) is 69.3 Å². The number of rotatable bonds is 4. The first kappa shape index (κ1) is 16.1. The third-order valence-corrected chi connectivity index (χ3v) is 4.37. The van der Waals surface area contributed by atoms with Crippen LogP contribution in [-0.2, 0) is 11.3 Å². The van der Waals surface area contributed by atoms with E-state index in [2.05, 4.69) is 20.7 Å². The molecule has 4 rings (SSSR count). The number of carbonyl (C=O) groups excluding carboxylic acids is 2. The van der Waals surface area contributed by atoms with Gasteiger partial charge in [0, 0.05) is 23.4 Å². The number of benzene rings is 1. The number of H-pyrrole nitrogens is 1. The molecule has 0 radical (unpaired) electrons. The van der Waals surface area contributed by atoms with E-state index >= 15 is 0 Å². The number of hydrogen-bond acceptors (Lipinski definition) is 4. The first-order chi connectivity index (χ1) is 12.5. The van der Waals surface area contributed by atoms with Gasteiger partial charge in [-0.3, -0.25) is 19.5 Å². The smallest absolute Gasteiger partial charge is 0.272 e. The summed E-state index contributed by atoms with van der Waals surface area (Å²) in [4.78, 5) is 40.6. The van der Waals surface area contributed by atoms with E-state index in [0.29, 0.717) is 16.9 Å². The summed E-state index contributed by atoms with van der Waals surface area (Å²) < 4.78 is 1.35. The molecule has 0 bridgehead atoms. The molecule has 3 aromatic rings. The van der Waals surface area contributed by atoms with Crippen LogP contribution >= 0.6 is 0 Å². The molecule has 3 heterocycles. The standard InChI is InChI=1S/C18H17N5O3/c1-10-6-15-20-11(7-17(25)23(15)22-10)9-19-16(24)8-14-12-4-2-3-5-13(12)18(26)21-14/h2-7,14,22H,8-9H2,1H3,(H,19,24)(H,21,26)/t14-/m1/s1. The first-order valence-corrected chi connectivity index (χ1v) is 8.26. The van der Waals surface area contributed by atoms with Crippen molar-refractivity contribution in [3.8, 4) is 0 Å². The van der Waals surface area contributed by atoms with Gasteiger partial charge in [0.05, 0.1) is 24.7 Å². The molecular formula is C18H17N5O3. The van der Waals surface area contributed by atoms with E-state index in [1.54, 1.807) is 18.2 Å². The summed E-state index contributed by atoms with van der Waals surface area (Å²) in [5.74, 6) is -0.388. The molecule has 3 N–H and O–H groups in total. The third kappa shape index (κ3) is 2.85. The fourth-order valence-electron chi connectivity index (χ4n) is 3.18. The molecule has 26 heavy (non-hydrogen) atoms. The van der Waals surface area contributed by atoms with E-state index in [1.165, 1.54) is 10.6 Å². The fraction of sp³-hybridized carbons (Fsp3) is 0.222. The van der Waals surface area contributed by atoms with Crippen LogP contribution in [-0.4, -0.2) is 26.4 Å². The summed E-state index contributed by atoms with van der Waals surface area (Å²) in [6, 6.07) is 10.0. The number of nitrogens with one attached hydrogen (secondary N) is 3. The SMILES string of the molecule is Cc1cc2nc(CNC(=O)C[C@H]3NC(=O)c4ccccc43)cc(=O)n2[nH]1.